The molecule has 3 aromatic rings. The van der Waals surface area contributed by atoms with Crippen LogP contribution >= 0.6 is 11.6 Å². The van der Waals surface area contributed by atoms with Crippen molar-refractivity contribution in [3.8, 4) is 22.8 Å². The molecule has 0 saturated carbocycles. The molecule has 3 rings (SSSR count). The van der Waals surface area contributed by atoms with Crippen LogP contribution in [0.15, 0.2) is 53.6 Å². The zero-order valence-corrected chi connectivity index (χ0v) is 15.2. The Balaban J connectivity index is 1.69. The number of para-hydroxylation sites is 1. The number of halogens is 1. The first-order valence-electron chi connectivity index (χ1n) is 8.18. The summed E-state index contributed by atoms with van der Waals surface area (Å²) in [4.78, 5) is 12.2. The summed E-state index contributed by atoms with van der Waals surface area (Å²) < 4.78 is 5.31. The maximum absolute atomic E-state index is 12.2. The lowest BCUT2D eigenvalue weighted by molar-refractivity contribution is 0.0950. The molecule has 8 heteroatoms. The molecule has 7 nitrogen and oxygen atoms in total. The van der Waals surface area contributed by atoms with Gasteiger partial charge in [-0.15, -0.1) is 0 Å². The minimum Gasteiger partial charge on any atom is -0.504 e. The molecule has 2 aromatic carbocycles. The third-order valence-corrected chi connectivity index (χ3v) is 4.00. The van der Waals surface area contributed by atoms with E-state index in [1.54, 1.807) is 30.3 Å². The molecule has 0 radical (unpaired) electrons. The Morgan fingerprint density at radius 1 is 1.33 bits per heavy atom. The number of hydrazone groups is 1. The highest BCUT2D eigenvalue weighted by Crippen LogP contribution is 2.28. The van der Waals surface area contributed by atoms with Crippen LogP contribution in [0.2, 0.25) is 5.02 Å². The first-order valence-corrected chi connectivity index (χ1v) is 8.56. The Labute approximate surface area is 160 Å². The Kier molecular flexibility index (Phi) is 5.73. The number of nitrogens with zero attached hydrogens (tertiary/aromatic N) is 2. The summed E-state index contributed by atoms with van der Waals surface area (Å²) in [5.74, 6) is -0.164. The monoisotopic (exact) mass is 384 g/mol. The van der Waals surface area contributed by atoms with Crippen LogP contribution in [0.5, 0.6) is 11.5 Å². The second kappa shape index (κ2) is 8.37. The molecule has 0 bridgehead atoms. The van der Waals surface area contributed by atoms with Crippen LogP contribution in [0.25, 0.3) is 11.3 Å². The predicted octanol–water partition coefficient (Wildman–Crippen LogP) is 3.60. The van der Waals surface area contributed by atoms with Gasteiger partial charge in [0.1, 0.15) is 5.69 Å². The lowest BCUT2D eigenvalue weighted by Gasteiger charge is -2.07. The van der Waals surface area contributed by atoms with Crippen LogP contribution in [-0.2, 0) is 0 Å². The summed E-state index contributed by atoms with van der Waals surface area (Å²) in [5.41, 5.74) is 4.30. The number of phenols is 1. The summed E-state index contributed by atoms with van der Waals surface area (Å²) in [5, 5.41) is 21.3. The number of aromatic hydroxyl groups is 1. The molecule has 1 heterocycles. The lowest BCUT2D eigenvalue weighted by Crippen LogP contribution is -2.18. The van der Waals surface area contributed by atoms with Gasteiger partial charge in [-0.25, -0.2) is 5.43 Å². The van der Waals surface area contributed by atoms with Gasteiger partial charge >= 0.3 is 0 Å². The molecule has 0 saturated heterocycles. The van der Waals surface area contributed by atoms with Gasteiger partial charge in [0.25, 0.3) is 5.91 Å². The Morgan fingerprint density at radius 2 is 2.15 bits per heavy atom. The zero-order chi connectivity index (χ0) is 19.2. The van der Waals surface area contributed by atoms with Crippen molar-refractivity contribution in [1.82, 2.24) is 15.6 Å². The van der Waals surface area contributed by atoms with Crippen LogP contribution < -0.4 is 10.2 Å². The summed E-state index contributed by atoms with van der Waals surface area (Å²) in [6.45, 7) is 2.25. The van der Waals surface area contributed by atoms with E-state index < -0.39 is 5.91 Å². The van der Waals surface area contributed by atoms with Gasteiger partial charge < -0.3 is 9.84 Å². The Bertz CT molecular complexity index is 985. The number of carbonyl (C=O) groups excluding carboxylic acids is 1. The smallest absolute Gasteiger partial charge is 0.289 e. The highest BCUT2D eigenvalue weighted by molar-refractivity contribution is 6.33. The molecule has 1 amide bonds. The van der Waals surface area contributed by atoms with Gasteiger partial charge in [-0.2, -0.15) is 10.2 Å². The quantitative estimate of drug-likeness (QED) is 0.446. The largest absolute Gasteiger partial charge is 0.504 e. The predicted molar refractivity (Wildman–Crippen MR) is 103 cm³/mol. The van der Waals surface area contributed by atoms with Crippen molar-refractivity contribution in [2.75, 3.05) is 6.61 Å². The molecule has 0 aliphatic rings. The van der Waals surface area contributed by atoms with Crippen LogP contribution in [-0.4, -0.2) is 34.0 Å². The number of aromatic nitrogens is 2. The molecule has 0 aliphatic carbocycles. The Morgan fingerprint density at radius 3 is 2.93 bits per heavy atom. The number of ether oxygens (including phenoxy) is 1. The van der Waals surface area contributed by atoms with Crippen molar-refractivity contribution in [2.24, 2.45) is 5.10 Å². The third-order valence-electron chi connectivity index (χ3n) is 3.67. The lowest BCUT2D eigenvalue weighted by atomic mass is 10.1. The molecule has 0 atom stereocenters. The summed E-state index contributed by atoms with van der Waals surface area (Å²) in [7, 11) is 0. The SMILES string of the molecule is CCOc1cccc(C=NNC(=O)c2cc(-c3ccccc3Cl)n[nH]2)c1O. The first kappa shape index (κ1) is 18.5. The van der Waals surface area contributed by atoms with Crippen LogP contribution in [0.1, 0.15) is 23.0 Å². The van der Waals surface area contributed by atoms with E-state index >= 15 is 0 Å². The van der Waals surface area contributed by atoms with Gasteiger partial charge in [-0.05, 0) is 31.2 Å². The molecule has 3 N–H and O–H groups in total. The highest BCUT2D eigenvalue weighted by atomic mass is 35.5. The van der Waals surface area contributed by atoms with Crippen molar-refractivity contribution >= 4 is 23.7 Å². The average molecular weight is 385 g/mol. The van der Waals surface area contributed by atoms with Crippen molar-refractivity contribution < 1.29 is 14.6 Å². The molecule has 0 aliphatic heterocycles. The Hall–Kier alpha value is -3.32. The molecule has 0 unspecified atom stereocenters. The number of aromatic amines is 1. The highest BCUT2D eigenvalue weighted by Gasteiger charge is 2.12. The number of hydrogen-bond donors (Lipinski definition) is 3. The van der Waals surface area contributed by atoms with Gasteiger partial charge in [0.15, 0.2) is 11.5 Å². The molecule has 1 aromatic heterocycles. The van der Waals surface area contributed by atoms with Crippen molar-refractivity contribution in [3.63, 3.8) is 0 Å². The minimum atomic E-state index is -0.475. The zero-order valence-electron chi connectivity index (χ0n) is 14.4. The fourth-order valence-electron chi connectivity index (χ4n) is 2.38. The van der Waals surface area contributed by atoms with Crippen LogP contribution in [0, 0.1) is 0 Å². The van der Waals surface area contributed by atoms with Gasteiger partial charge in [0.2, 0.25) is 0 Å². The summed E-state index contributed by atoms with van der Waals surface area (Å²) in [6, 6.07) is 13.8. The second-order valence-corrected chi connectivity index (χ2v) is 5.88. The van der Waals surface area contributed by atoms with Crippen LogP contribution in [0.4, 0.5) is 0 Å². The number of hydrogen-bond acceptors (Lipinski definition) is 5. The maximum Gasteiger partial charge on any atom is 0.289 e. The van der Waals surface area contributed by atoms with E-state index in [-0.39, 0.29) is 11.4 Å². The minimum absolute atomic E-state index is 0.0418. The van der Waals surface area contributed by atoms with Crippen molar-refractivity contribution in [2.45, 2.75) is 6.92 Å². The van der Waals surface area contributed by atoms with Gasteiger partial charge in [0, 0.05) is 11.1 Å². The molecule has 0 spiro atoms. The maximum atomic E-state index is 12.2. The van der Waals surface area contributed by atoms with E-state index in [0.717, 1.165) is 5.56 Å². The molecular formula is C19H17ClN4O3. The van der Waals surface area contributed by atoms with E-state index in [4.69, 9.17) is 16.3 Å². The van der Waals surface area contributed by atoms with E-state index in [1.165, 1.54) is 6.21 Å². The molecule has 0 fully saturated rings. The average Bonchev–Trinajstić information content (AvgIpc) is 3.15. The molecular weight excluding hydrogens is 368 g/mol. The van der Waals surface area contributed by atoms with E-state index in [2.05, 4.69) is 20.7 Å². The second-order valence-electron chi connectivity index (χ2n) is 5.47. The van der Waals surface area contributed by atoms with Crippen molar-refractivity contribution in [3.05, 3.63) is 64.8 Å². The van der Waals surface area contributed by atoms with Crippen LogP contribution in [0.3, 0.4) is 0 Å². The molecule has 138 valence electrons. The summed E-state index contributed by atoms with van der Waals surface area (Å²) in [6.07, 6.45) is 1.33. The number of carbonyl (C=O) groups is 1. The number of benzene rings is 2. The van der Waals surface area contributed by atoms with Gasteiger partial charge in [0.05, 0.1) is 23.5 Å². The van der Waals surface area contributed by atoms with E-state index in [9.17, 15) is 9.90 Å². The van der Waals surface area contributed by atoms with E-state index in [1.807, 2.05) is 25.1 Å². The third kappa shape index (κ3) is 4.27. The summed E-state index contributed by atoms with van der Waals surface area (Å²) >= 11 is 6.14. The fourth-order valence-corrected chi connectivity index (χ4v) is 2.61. The number of nitrogens with one attached hydrogen (secondary N) is 2. The standard InChI is InChI=1S/C19H17ClN4O3/c1-2-27-17-9-5-6-12(18(17)25)11-21-24-19(26)16-10-15(22-23-16)13-7-3-4-8-14(13)20/h3-11,25H,2H2,1H3,(H,22,23)(H,24,26). The van der Waals surface area contributed by atoms with E-state index in [0.29, 0.717) is 28.6 Å². The number of H-pyrrole nitrogens is 1. The molecule has 27 heavy (non-hydrogen) atoms. The number of phenolic OH excluding ortho intramolecular Hbond substituents is 1. The number of amides is 1. The van der Waals surface area contributed by atoms with Gasteiger partial charge in [-0.1, -0.05) is 35.9 Å². The normalized spacial score (nSPS) is 10.9. The van der Waals surface area contributed by atoms with Crippen molar-refractivity contribution in [1.29, 1.82) is 0 Å². The first-order chi connectivity index (χ1) is 13.1. The fraction of sp³-hybridized carbons (Fsp3) is 0.105. The number of rotatable bonds is 6. The topological polar surface area (TPSA) is 99.6 Å². The van der Waals surface area contributed by atoms with Gasteiger partial charge in [-0.3, -0.25) is 9.89 Å².